The van der Waals surface area contributed by atoms with Crippen LogP contribution in [0.25, 0.3) is 0 Å². The summed E-state index contributed by atoms with van der Waals surface area (Å²) in [5.74, 6) is -0.323. The minimum atomic E-state index is -0.702. The Morgan fingerprint density at radius 1 is 1.21 bits per heavy atom. The van der Waals surface area contributed by atoms with Gasteiger partial charge in [-0.25, -0.2) is 4.39 Å². The van der Waals surface area contributed by atoms with Crippen LogP contribution in [0.15, 0.2) is 46.9 Å². The first kappa shape index (κ1) is 14.5. The van der Waals surface area contributed by atoms with Crippen molar-refractivity contribution in [3.05, 3.63) is 68.9 Å². The first-order valence-corrected chi connectivity index (χ1v) is 7.06. The predicted molar refractivity (Wildman–Crippen MR) is 80.8 cm³/mol. The molecule has 4 heteroatoms. The highest BCUT2D eigenvalue weighted by Gasteiger charge is 2.26. The van der Waals surface area contributed by atoms with Crippen LogP contribution in [0.2, 0.25) is 5.02 Å². The van der Waals surface area contributed by atoms with Crippen LogP contribution in [0.4, 0.5) is 4.39 Å². The molecular weight excluding hydrogens is 329 g/mol. The third kappa shape index (κ3) is 3.16. The molecule has 0 radical (unpaired) electrons. The largest absolute Gasteiger partial charge is 0.321 e. The summed E-state index contributed by atoms with van der Waals surface area (Å²) in [6.07, 6.45) is 0.334. The SMILES string of the molecule is CC(N)(Cc1c(F)cccc1Cl)c1ccccc1Br. The molecule has 0 saturated heterocycles. The third-order valence-electron chi connectivity index (χ3n) is 3.09. The summed E-state index contributed by atoms with van der Waals surface area (Å²) in [7, 11) is 0. The molecule has 0 aliphatic heterocycles. The smallest absolute Gasteiger partial charge is 0.127 e. The van der Waals surface area contributed by atoms with Gasteiger partial charge in [0.1, 0.15) is 5.82 Å². The average molecular weight is 343 g/mol. The molecule has 100 valence electrons. The van der Waals surface area contributed by atoms with E-state index >= 15 is 0 Å². The lowest BCUT2D eigenvalue weighted by Crippen LogP contribution is -2.36. The minimum Gasteiger partial charge on any atom is -0.321 e. The monoisotopic (exact) mass is 341 g/mol. The lowest BCUT2D eigenvalue weighted by Gasteiger charge is -2.27. The van der Waals surface area contributed by atoms with Crippen molar-refractivity contribution in [3.63, 3.8) is 0 Å². The van der Waals surface area contributed by atoms with Gasteiger partial charge < -0.3 is 5.73 Å². The Labute approximate surface area is 125 Å². The molecule has 0 fully saturated rings. The zero-order valence-corrected chi connectivity index (χ0v) is 12.8. The van der Waals surface area contributed by atoms with Crippen molar-refractivity contribution in [2.45, 2.75) is 18.9 Å². The third-order valence-corrected chi connectivity index (χ3v) is 4.14. The summed E-state index contributed by atoms with van der Waals surface area (Å²) < 4.78 is 14.8. The summed E-state index contributed by atoms with van der Waals surface area (Å²) in [4.78, 5) is 0. The number of hydrogen-bond acceptors (Lipinski definition) is 1. The zero-order chi connectivity index (χ0) is 14.0. The van der Waals surface area contributed by atoms with Crippen molar-refractivity contribution < 1.29 is 4.39 Å². The molecule has 0 aliphatic rings. The van der Waals surface area contributed by atoms with Gasteiger partial charge in [0.05, 0.1) is 0 Å². The lowest BCUT2D eigenvalue weighted by atomic mass is 9.86. The van der Waals surface area contributed by atoms with Crippen LogP contribution in [-0.2, 0) is 12.0 Å². The van der Waals surface area contributed by atoms with E-state index in [2.05, 4.69) is 15.9 Å². The van der Waals surface area contributed by atoms with Gasteiger partial charge in [-0.3, -0.25) is 0 Å². The fourth-order valence-electron chi connectivity index (χ4n) is 2.09. The van der Waals surface area contributed by atoms with Gasteiger partial charge in [0, 0.05) is 20.6 Å². The van der Waals surface area contributed by atoms with Gasteiger partial charge in [0.2, 0.25) is 0 Å². The Balaban J connectivity index is 2.39. The number of halogens is 3. The molecule has 1 unspecified atom stereocenters. The average Bonchev–Trinajstić information content (AvgIpc) is 2.34. The van der Waals surface area contributed by atoms with E-state index < -0.39 is 5.54 Å². The summed E-state index contributed by atoms with van der Waals surface area (Å²) in [5, 5.41) is 0.406. The number of benzene rings is 2. The molecule has 2 N–H and O–H groups in total. The molecule has 1 atom stereocenters. The molecule has 1 nitrogen and oxygen atoms in total. The molecular formula is C15H14BrClFN. The molecule has 2 aromatic carbocycles. The van der Waals surface area contributed by atoms with Gasteiger partial charge in [-0.1, -0.05) is 51.8 Å². The van der Waals surface area contributed by atoms with Gasteiger partial charge in [0.15, 0.2) is 0 Å². The summed E-state index contributed by atoms with van der Waals surface area (Å²) in [5.41, 5.74) is 7.03. The second kappa shape index (κ2) is 5.61. The van der Waals surface area contributed by atoms with Crippen molar-refractivity contribution in [1.29, 1.82) is 0 Å². The van der Waals surface area contributed by atoms with Gasteiger partial charge >= 0.3 is 0 Å². The van der Waals surface area contributed by atoms with E-state index in [1.807, 2.05) is 31.2 Å². The second-order valence-corrected chi connectivity index (χ2v) is 6.04. The standard InChI is InChI=1S/C15H14BrClFN/c1-15(19,11-5-2-3-6-12(11)16)9-10-13(17)7-4-8-14(10)18/h2-8H,9,19H2,1H3. The summed E-state index contributed by atoms with van der Waals surface area (Å²) >= 11 is 9.53. The van der Waals surface area contributed by atoms with E-state index in [1.54, 1.807) is 12.1 Å². The first-order valence-electron chi connectivity index (χ1n) is 5.88. The molecule has 19 heavy (non-hydrogen) atoms. The Kier molecular flexibility index (Phi) is 4.29. The molecule has 0 aromatic heterocycles. The van der Waals surface area contributed by atoms with E-state index in [9.17, 15) is 4.39 Å². The topological polar surface area (TPSA) is 26.0 Å². The molecule has 0 heterocycles. The zero-order valence-electron chi connectivity index (χ0n) is 10.5. The lowest BCUT2D eigenvalue weighted by molar-refractivity contribution is 0.473. The van der Waals surface area contributed by atoms with Gasteiger partial charge in [0.25, 0.3) is 0 Å². The molecule has 0 saturated carbocycles. The first-order chi connectivity index (χ1) is 8.92. The maximum Gasteiger partial charge on any atom is 0.127 e. The van der Waals surface area contributed by atoms with E-state index in [1.165, 1.54) is 6.07 Å². The second-order valence-electron chi connectivity index (χ2n) is 4.77. The highest BCUT2D eigenvalue weighted by molar-refractivity contribution is 9.10. The molecule has 2 aromatic rings. The van der Waals surface area contributed by atoms with Crippen molar-refractivity contribution in [2.75, 3.05) is 0 Å². The Hall–Kier alpha value is -0.900. The molecule has 0 amide bonds. The van der Waals surface area contributed by atoms with Crippen LogP contribution in [0, 0.1) is 5.82 Å². The maximum absolute atomic E-state index is 13.8. The van der Waals surface area contributed by atoms with Crippen molar-refractivity contribution in [1.82, 2.24) is 0 Å². The van der Waals surface area contributed by atoms with Crippen LogP contribution in [0.1, 0.15) is 18.1 Å². The number of hydrogen-bond donors (Lipinski definition) is 1. The van der Waals surface area contributed by atoms with Gasteiger partial charge in [-0.15, -0.1) is 0 Å². The fourth-order valence-corrected chi connectivity index (χ4v) is 3.06. The van der Waals surface area contributed by atoms with Crippen LogP contribution in [-0.4, -0.2) is 0 Å². The number of rotatable bonds is 3. The van der Waals surface area contributed by atoms with Crippen LogP contribution in [0.3, 0.4) is 0 Å². The molecule has 2 rings (SSSR count). The van der Waals surface area contributed by atoms with Crippen molar-refractivity contribution in [3.8, 4) is 0 Å². The Morgan fingerprint density at radius 2 is 1.89 bits per heavy atom. The fraction of sp³-hybridized carbons (Fsp3) is 0.200. The van der Waals surface area contributed by atoms with Crippen LogP contribution < -0.4 is 5.73 Å². The highest BCUT2D eigenvalue weighted by atomic mass is 79.9. The van der Waals surface area contributed by atoms with E-state index in [0.29, 0.717) is 17.0 Å². The predicted octanol–water partition coefficient (Wildman–Crippen LogP) is 4.66. The van der Waals surface area contributed by atoms with Gasteiger partial charge in [-0.05, 0) is 37.1 Å². The summed E-state index contributed by atoms with van der Waals surface area (Å²) in [6.45, 7) is 1.87. The molecule has 0 aliphatic carbocycles. The highest BCUT2D eigenvalue weighted by Crippen LogP contribution is 2.32. The Bertz CT molecular complexity index is 578. The Morgan fingerprint density at radius 3 is 2.53 bits per heavy atom. The molecule has 0 spiro atoms. The van der Waals surface area contributed by atoms with E-state index in [-0.39, 0.29) is 5.82 Å². The maximum atomic E-state index is 13.8. The van der Waals surface area contributed by atoms with Crippen molar-refractivity contribution in [2.24, 2.45) is 5.73 Å². The van der Waals surface area contributed by atoms with Crippen molar-refractivity contribution >= 4 is 27.5 Å². The molecule has 0 bridgehead atoms. The van der Waals surface area contributed by atoms with Crippen LogP contribution >= 0.6 is 27.5 Å². The normalized spacial score (nSPS) is 14.2. The van der Waals surface area contributed by atoms with E-state index in [0.717, 1.165) is 10.0 Å². The summed E-state index contributed by atoms with van der Waals surface area (Å²) in [6, 6.07) is 12.3. The quantitative estimate of drug-likeness (QED) is 0.862. The van der Waals surface area contributed by atoms with E-state index in [4.69, 9.17) is 17.3 Å². The minimum absolute atomic E-state index is 0.323. The number of nitrogens with two attached hydrogens (primary N) is 1. The van der Waals surface area contributed by atoms with Gasteiger partial charge in [-0.2, -0.15) is 0 Å². The van der Waals surface area contributed by atoms with Crippen LogP contribution in [0.5, 0.6) is 0 Å².